The van der Waals surface area contributed by atoms with Crippen LogP contribution in [0.2, 0.25) is 0 Å². The summed E-state index contributed by atoms with van der Waals surface area (Å²) in [4.78, 5) is 10.7. The molecule has 5 nitrogen and oxygen atoms in total. The molecule has 24 heavy (non-hydrogen) atoms. The number of rotatable bonds is 1. The lowest BCUT2D eigenvalue weighted by atomic mass is 9.77. The first kappa shape index (κ1) is 15.0. The van der Waals surface area contributed by atoms with E-state index in [1.807, 2.05) is 0 Å². The van der Waals surface area contributed by atoms with Crippen LogP contribution < -0.4 is 10.1 Å². The van der Waals surface area contributed by atoms with Crippen LogP contribution in [0.15, 0.2) is 30.3 Å². The molecule has 0 fully saturated rings. The molecule has 0 aromatic heterocycles. The molecule has 2 aliphatic rings. The Morgan fingerprint density at radius 2 is 2.00 bits per heavy atom. The second-order valence-corrected chi connectivity index (χ2v) is 7.30. The molecule has 1 unspecified atom stereocenters. The third-order valence-corrected chi connectivity index (χ3v) is 5.47. The SMILES string of the molecule is CC1Cc2c(ccc3c2COc2ccc([N+](=O)[O-])cc2-3)NC1(C)C. The standard InChI is InChI=1S/C19H20N2O3/c1-11-8-14-16-10-24-18-7-4-12(21(22)23)9-15(18)13(16)5-6-17(14)20-19(11,2)3/h4-7,9,11,20H,8,10H2,1-3H3. The van der Waals surface area contributed by atoms with Crippen LogP contribution in [-0.2, 0) is 13.0 Å². The van der Waals surface area contributed by atoms with Gasteiger partial charge in [-0.15, -0.1) is 0 Å². The number of hydrogen-bond donors (Lipinski definition) is 1. The van der Waals surface area contributed by atoms with Crippen molar-refractivity contribution >= 4 is 11.4 Å². The lowest BCUT2D eigenvalue weighted by Gasteiger charge is -2.41. The minimum Gasteiger partial charge on any atom is -0.488 e. The summed E-state index contributed by atoms with van der Waals surface area (Å²) in [6.07, 6.45) is 0.978. The van der Waals surface area contributed by atoms with Gasteiger partial charge in [0.15, 0.2) is 0 Å². The summed E-state index contributed by atoms with van der Waals surface area (Å²) in [5.41, 5.74) is 5.57. The molecular weight excluding hydrogens is 304 g/mol. The number of nitrogens with zero attached hydrogens (tertiary/aromatic N) is 1. The molecule has 2 aliphatic heterocycles. The predicted molar refractivity (Wildman–Crippen MR) is 93.4 cm³/mol. The molecule has 5 heteroatoms. The Hall–Kier alpha value is -2.56. The summed E-state index contributed by atoms with van der Waals surface area (Å²) in [5, 5.41) is 14.7. The Bertz CT molecular complexity index is 858. The molecule has 2 heterocycles. The highest BCUT2D eigenvalue weighted by atomic mass is 16.6. The minimum atomic E-state index is -0.362. The molecule has 124 valence electrons. The van der Waals surface area contributed by atoms with Crippen molar-refractivity contribution in [1.82, 2.24) is 0 Å². The van der Waals surface area contributed by atoms with E-state index in [-0.39, 0.29) is 16.1 Å². The second kappa shape index (κ2) is 4.97. The largest absolute Gasteiger partial charge is 0.488 e. The van der Waals surface area contributed by atoms with E-state index in [9.17, 15) is 10.1 Å². The van der Waals surface area contributed by atoms with Gasteiger partial charge in [-0.1, -0.05) is 13.0 Å². The van der Waals surface area contributed by atoms with E-state index in [4.69, 9.17) is 4.74 Å². The van der Waals surface area contributed by atoms with E-state index in [1.165, 1.54) is 11.6 Å². The van der Waals surface area contributed by atoms with Crippen LogP contribution in [0.4, 0.5) is 11.4 Å². The van der Waals surface area contributed by atoms with Crippen molar-refractivity contribution in [2.75, 3.05) is 5.32 Å². The quantitative estimate of drug-likeness (QED) is 0.618. The molecule has 2 aromatic rings. The van der Waals surface area contributed by atoms with Gasteiger partial charge in [-0.2, -0.15) is 0 Å². The number of hydrogen-bond acceptors (Lipinski definition) is 4. The number of nitro groups is 1. The van der Waals surface area contributed by atoms with Crippen molar-refractivity contribution in [3.63, 3.8) is 0 Å². The number of nitrogens with one attached hydrogen (secondary N) is 1. The summed E-state index contributed by atoms with van der Waals surface area (Å²) in [7, 11) is 0. The lowest BCUT2D eigenvalue weighted by Crippen LogP contribution is -2.43. The second-order valence-electron chi connectivity index (χ2n) is 7.30. The Morgan fingerprint density at radius 3 is 2.75 bits per heavy atom. The maximum atomic E-state index is 11.1. The zero-order chi connectivity index (χ0) is 17.1. The van der Waals surface area contributed by atoms with E-state index in [1.54, 1.807) is 12.1 Å². The fourth-order valence-corrected chi connectivity index (χ4v) is 3.61. The molecule has 4 rings (SSSR count). The fraction of sp³-hybridized carbons (Fsp3) is 0.368. The molecule has 1 N–H and O–H groups in total. The van der Waals surface area contributed by atoms with E-state index < -0.39 is 0 Å². The van der Waals surface area contributed by atoms with Gasteiger partial charge in [0.2, 0.25) is 0 Å². The van der Waals surface area contributed by atoms with Crippen LogP contribution in [-0.4, -0.2) is 10.5 Å². The van der Waals surface area contributed by atoms with E-state index >= 15 is 0 Å². The monoisotopic (exact) mass is 324 g/mol. The first-order chi connectivity index (χ1) is 11.4. The highest BCUT2D eigenvalue weighted by molar-refractivity contribution is 5.81. The molecule has 0 saturated heterocycles. The van der Waals surface area contributed by atoms with Gasteiger partial charge in [0.05, 0.1) is 4.92 Å². The number of anilines is 1. The average molecular weight is 324 g/mol. The van der Waals surface area contributed by atoms with Crippen LogP contribution in [0.5, 0.6) is 5.75 Å². The number of benzene rings is 2. The van der Waals surface area contributed by atoms with Crippen LogP contribution >= 0.6 is 0 Å². The summed E-state index contributed by atoms with van der Waals surface area (Å²) < 4.78 is 5.89. The Morgan fingerprint density at radius 1 is 1.21 bits per heavy atom. The van der Waals surface area contributed by atoms with Gasteiger partial charge < -0.3 is 10.1 Å². The van der Waals surface area contributed by atoms with Crippen molar-refractivity contribution in [2.45, 2.75) is 39.3 Å². The lowest BCUT2D eigenvalue weighted by molar-refractivity contribution is -0.384. The number of fused-ring (bicyclic) bond motifs is 5. The van der Waals surface area contributed by atoms with Gasteiger partial charge in [0.1, 0.15) is 12.4 Å². The van der Waals surface area contributed by atoms with Crippen molar-refractivity contribution in [3.8, 4) is 16.9 Å². The molecule has 0 bridgehead atoms. The predicted octanol–water partition coefficient (Wildman–Crippen LogP) is 4.54. The van der Waals surface area contributed by atoms with Crippen LogP contribution in [0, 0.1) is 16.0 Å². The number of non-ortho nitro benzene ring substituents is 1. The zero-order valence-electron chi connectivity index (χ0n) is 14.1. The molecule has 1 atom stereocenters. The van der Waals surface area contributed by atoms with Gasteiger partial charge in [-0.3, -0.25) is 10.1 Å². The van der Waals surface area contributed by atoms with Crippen LogP contribution in [0.1, 0.15) is 31.9 Å². The Balaban J connectivity index is 1.87. The topological polar surface area (TPSA) is 64.4 Å². The van der Waals surface area contributed by atoms with Gasteiger partial charge in [0, 0.05) is 34.5 Å². The van der Waals surface area contributed by atoms with Crippen LogP contribution in [0.3, 0.4) is 0 Å². The van der Waals surface area contributed by atoms with Gasteiger partial charge in [-0.25, -0.2) is 0 Å². The smallest absolute Gasteiger partial charge is 0.270 e. The molecule has 0 aliphatic carbocycles. The minimum absolute atomic E-state index is 0.0491. The molecular formula is C19H20N2O3. The zero-order valence-corrected chi connectivity index (χ0v) is 14.1. The molecule has 0 spiro atoms. The van der Waals surface area contributed by atoms with Crippen LogP contribution in [0.25, 0.3) is 11.1 Å². The number of nitro benzene ring substituents is 1. The van der Waals surface area contributed by atoms with Gasteiger partial charge in [-0.05, 0) is 49.4 Å². The van der Waals surface area contributed by atoms with Crippen molar-refractivity contribution in [2.24, 2.45) is 5.92 Å². The van der Waals surface area contributed by atoms with E-state index in [2.05, 4.69) is 38.2 Å². The van der Waals surface area contributed by atoms with Gasteiger partial charge in [0.25, 0.3) is 5.69 Å². The molecule has 0 radical (unpaired) electrons. The maximum absolute atomic E-state index is 11.1. The van der Waals surface area contributed by atoms with Crippen molar-refractivity contribution < 1.29 is 9.66 Å². The first-order valence-electron chi connectivity index (χ1n) is 8.21. The first-order valence-corrected chi connectivity index (χ1v) is 8.21. The summed E-state index contributed by atoms with van der Waals surface area (Å²) in [5.74, 6) is 1.20. The van der Waals surface area contributed by atoms with E-state index in [0.29, 0.717) is 18.3 Å². The summed E-state index contributed by atoms with van der Waals surface area (Å²) >= 11 is 0. The Kier molecular flexibility index (Phi) is 3.10. The van der Waals surface area contributed by atoms with Gasteiger partial charge >= 0.3 is 0 Å². The maximum Gasteiger partial charge on any atom is 0.270 e. The highest BCUT2D eigenvalue weighted by Crippen LogP contribution is 2.45. The fourth-order valence-electron chi connectivity index (χ4n) is 3.61. The third-order valence-electron chi connectivity index (χ3n) is 5.47. The van der Waals surface area contributed by atoms with Crippen molar-refractivity contribution in [3.05, 3.63) is 51.6 Å². The number of ether oxygens (including phenoxy) is 1. The highest BCUT2D eigenvalue weighted by Gasteiger charge is 2.34. The van der Waals surface area contributed by atoms with Crippen molar-refractivity contribution in [1.29, 1.82) is 0 Å². The summed E-state index contributed by atoms with van der Waals surface area (Å²) in [6.45, 7) is 7.19. The summed E-state index contributed by atoms with van der Waals surface area (Å²) in [6, 6.07) is 8.95. The molecule has 0 amide bonds. The third kappa shape index (κ3) is 2.15. The Labute approximate surface area is 140 Å². The normalized spacial score (nSPS) is 20.0. The molecule has 0 saturated carbocycles. The molecule has 2 aromatic carbocycles. The van der Waals surface area contributed by atoms with E-state index in [0.717, 1.165) is 28.8 Å². The average Bonchev–Trinajstić information content (AvgIpc) is 2.54.